The molecule has 1 unspecified atom stereocenters. The lowest BCUT2D eigenvalue weighted by Gasteiger charge is -2.16. The number of halogens is 3. The average Bonchev–Trinajstić information content (AvgIpc) is 2.70. The lowest BCUT2D eigenvalue weighted by molar-refractivity contribution is -0.0484. The van der Waals surface area contributed by atoms with Gasteiger partial charge < -0.3 is 15.2 Å². The second-order valence-corrected chi connectivity index (χ2v) is 4.34. The summed E-state index contributed by atoms with van der Waals surface area (Å²) in [5, 5.41) is 10.9. The fourth-order valence-electron chi connectivity index (χ4n) is 1.87. The number of rotatable bonds is 5. The molecule has 1 aromatic rings. The molecule has 0 radical (unpaired) electrons. The monoisotopic (exact) mass is 261 g/mol. The normalized spacial score (nSPS) is 18.6. The van der Waals surface area contributed by atoms with Gasteiger partial charge in [0.2, 0.25) is 0 Å². The van der Waals surface area contributed by atoms with Crippen LogP contribution in [0.15, 0.2) is 18.2 Å². The number of aliphatic hydroxyl groups excluding tert-OH is 1. The van der Waals surface area contributed by atoms with Gasteiger partial charge in [-0.2, -0.15) is 0 Å². The van der Waals surface area contributed by atoms with E-state index in [1.807, 2.05) is 0 Å². The highest BCUT2D eigenvalue weighted by molar-refractivity contribution is 5.37. The molecule has 6 heteroatoms. The van der Waals surface area contributed by atoms with Gasteiger partial charge in [0.15, 0.2) is 0 Å². The minimum Gasteiger partial charge on any atom is -0.488 e. The highest BCUT2D eigenvalue weighted by Crippen LogP contribution is 2.28. The van der Waals surface area contributed by atoms with Crippen molar-refractivity contribution in [1.29, 1.82) is 0 Å². The van der Waals surface area contributed by atoms with Gasteiger partial charge in [0.05, 0.1) is 6.54 Å². The Bertz CT molecular complexity index is 426. The lowest BCUT2D eigenvalue weighted by atomic mass is 10.1. The second kappa shape index (κ2) is 5.16. The van der Waals surface area contributed by atoms with Gasteiger partial charge in [-0.3, -0.25) is 0 Å². The van der Waals surface area contributed by atoms with Crippen molar-refractivity contribution in [2.75, 3.05) is 19.7 Å². The Morgan fingerprint density at radius 3 is 2.94 bits per heavy atom. The molecule has 0 aliphatic carbocycles. The van der Waals surface area contributed by atoms with Crippen molar-refractivity contribution in [1.82, 2.24) is 5.32 Å². The van der Waals surface area contributed by atoms with E-state index in [1.54, 1.807) is 0 Å². The summed E-state index contributed by atoms with van der Waals surface area (Å²) in [6.45, 7) is -1.56. The first kappa shape index (κ1) is 13.2. The number of benzene rings is 1. The van der Waals surface area contributed by atoms with Crippen LogP contribution in [0, 0.1) is 5.82 Å². The van der Waals surface area contributed by atoms with Crippen molar-refractivity contribution in [2.45, 2.75) is 18.4 Å². The number of aliphatic hydroxyl groups is 1. The fraction of sp³-hybridized carbons (Fsp3) is 0.500. The summed E-state index contributed by atoms with van der Waals surface area (Å²) in [7, 11) is 0. The summed E-state index contributed by atoms with van der Waals surface area (Å²) in [6.07, 6.45) is 0.210. The molecule has 0 spiro atoms. The van der Waals surface area contributed by atoms with Crippen LogP contribution in [-0.4, -0.2) is 36.8 Å². The molecule has 2 rings (SSSR count). The molecule has 1 aliphatic rings. The quantitative estimate of drug-likeness (QED) is 0.840. The van der Waals surface area contributed by atoms with E-state index < -0.39 is 19.1 Å². The molecule has 0 amide bonds. The summed E-state index contributed by atoms with van der Waals surface area (Å²) in [5.74, 6) is -2.87. The molecule has 0 saturated heterocycles. The first-order valence-corrected chi connectivity index (χ1v) is 5.65. The Labute approximate surface area is 103 Å². The highest BCUT2D eigenvalue weighted by atomic mass is 19.3. The second-order valence-electron chi connectivity index (χ2n) is 4.34. The van der Waals surface area contributed by atoms with Crippen LogP contribution < -0.4 is 10.1 Å². The third-order valence-corrected chi connectivity index (χ3v) is 2.75. The Morgan fingerprint density at radius 1 is 1.44 bits per heavy atom. The van der Waals surface area contributed by atoms with Crippen molar-refractivity contribution in [3.8, 4) is 5.75 Å². The maximum atomic E-state index is 12.9. The number of nitrogens with one attached hydrogen (secondary N) is 1. The van der Waals surface area contributed by atoms with Crippen LogP contribution in [0.4, 0.5) is 13.2 Å². The summed E-state index contributed by atoms with van der Waals surface area (Å²) in [5.41, 5.74) is 0.746. The Hall–Kier alpha value is -1.27. The largest absolute Gasteiger partial charge is 0.488 e. The molecule has 100 valence electrons. The fourth-order valence-corrected chi connectivity index (χ4v) is 1.87. The number of hydrogen-bond donors (Lipinski definition) is 2. The van der Waals surface area contributed by atoms with Gasteiger partial charge in [-0.15, -0.1) is 0 Å². The maximum Gasteiger partial charge on any atom is 0.282 e. The molecule has 18 heavy (non-hydrogen) atoms. The Morgan fingerprint density at radius 2 is 2.22 bits per heavy atom. The Kier molecular flexibility index (Phi) is 3.77. The minimum atomic E-state index is -3.13. The van der Waals surface area contributed by atoms with Crippen molar-refractivity contribution in [3.63, 3.8) is 0 Å². The Balaban J connectivity index is 1.81. The van der Waals surface area contributed by atoms with Gasteiger partial charge in [0.1, 0.15) is 24.3 Å². The predicted octanol–water partition coefficient (Wildman–Crippen LogP) is 1.35. The van der Waals surface area contributed by atoms with Gasteiger partial charge in [-0.1, -0.05) is 0 Å². The molecule has 0 aromatic heterocycles. The molecule has 0 fully saturated rings. The van der Waals surface area contributed by atoms with Crippen molar-refractivity contribution < 1.29 is 23.0 Å². The molecule has 1 atom stereocenters. The van der Waals surface area contributed by atoms with E-state index >= 15 is 0 Å². The van der Waals surface area contributed by atoms with E-state index in [1.165, 1.54) is 18.2 Å². The summed E-state index contributed by atoms with van der Waals surface area (Å²) in [6, 6.07) is 4.22. The number of ether oxygens (including phenoxy) is 1. The van der Waals surface area contributed by atoms with E-state index in [0.29, 0.717) is 12.2 Å². The zero-order valence-electron chi connectivity index (χ0n) is 9.63. The molecule has 1 aromatic carbocycles. The highest BCUT2D eigenvalue weighted by Gasteiger charge is 2.29. The molecule has 2 N–H and O–H groups in total. The van der Waals surface area contributed by atoms with E-state index in [9.17, 15) is 13.2 Å². The molecule has 3 nitrogen and oxygen atoms in total. The summed E-state index contributed by atoms with van der Waals surface area (Å²) >= 11 is 0. The maximum absolute atomic E-state index is 12.9. The van der Waals surface area contributed by atoms with Crippen LogP contribution >= 0.6 is 0 Å². The van der Waals surface area contributed by atoms with Gasteiger partial charge in [-0.05, 0) is 18.2 Å². The number of fused-ring (bicyclic) bond motifs is 1. The van der Waals surface area contributed by atoms with Crippen LogP contribution in [0.3, 0.4) is 0 Å². The van der Waals surface area contributed by atoms with E-state index in [4.69, 9.17) is 9.84 Å². The van der Waals surface area contributed by atoms with Crippen LogP contribution in [0.1, 0.15) is 5.56 Å². The first-order chi connectivity index (χ1) is 8.50. The van der Waals surface area contributed by atoms with E-state index in [2.05, 4.69) is 5.32 Å². The summed E-state index contributed by atoms with van der Waals surface area (Å²) in [4.78, 5) is 0. The molecular weight excluding hydrogens is 247 g/mol. The van der Waals surface area contributed by atoms with Crippen LogP contribution in [-0.2, 0) is 6.42 Å². The zero-order valence-corrected chi connectivity index (χ0v) is 9.63. The number of hydrogen-bond acceptors (Lipinski definition) is 3. The van der Waals surface area contributed by atoms with Gasteiger partial charge in [-0.25, -0.2) is 13.2 Å². The van der Waals surface area contributed by atoms with Crippen molar-refractivity contribution in [2.24, 2.45) is 0 Å². The predicted molar refractivity (Wildman–Crippen MR) is 59.4 cm³/mol. The summed E-state index contributed by atoms with van der Waals surface area (Å²) < 4.78 is 43.9. The average molecular weight is 261 g/mol. The topological polar surface area (TPSA) is 41.5 Å². The van der Waals surface area contributed by atoms with Crippen molar-refractivity contribution >= 4 is 0 Å². The minimum absolute atomic E-state index is 0.228. The first-order valence-electron chi connectivity index (χ1n) is 5.65. The molecule has 1 aliphatic heterocycles. The van der Waals surface area contributed by atoms with Crippen LogP contribution in [0.2, 0.25) is 0 Å². The van der Waals surface area contributed by atoms with E-state index in [0.717, 1.165) is 5.56 Å². The van der Waals surface area contributed by atoms with Crippen molar-refractivity contribution in [3.05, 3.63) is 29.6 Å². The SMILES string of the molecule is OCC(F)(F)CNCC1Cc2cc(F)ccc2O1. The molecule has 0 saturated carbocycles. The molecule has 0 bridgehead atoms. The third-order valence-electron chi connectivity index (χ3n) is 2.75. The molecular formula is C12H14F3NO2. The molecule has 1 heterocycles. The van der Waals surface area contributed by atoms with Crippen LogP contribution in [0.5, 0.6) is 5.75 Å². The smallest absolute Gasteiger partial charge is 0.282 e. The third kappa shape index (κ3) is 3.14. The number of alkyl halides is 2. The van der Waals surface area contributed by atoms with Gasteiger partial charge >= 0.3 is 0 Å². The zero-order chi connectivity index (χ0) is 13.2. The standard InChI is InChI=1S/C12H14F3NO2/c13-9-1-2-11-8(3-9)4-10(18-11)5-16-6-12(14,15)7-17/h1-3,10,16-17H,4-7H2. The van der Waals surface area contributed by atoms with Gasteiger partial charge in [0.25, 0.3) is 5.92 Å². The van der Waals surface area contributed by atoms with E-state index in [-0.39, 0.29) is 18.5 Å². The van der Waals surface area contributed by atoms with Crippen LogP contribution in [0.25, 0.3) is 0 Å². The lowest BCUT2D eigenvalue weighted by Crippen LogP contribution is -2.40. The van der Waals surface area contributed by atoms with Gasteiger partial charge in [0, 0.05) is 18.5 Å².